The summed E-state index contributed by atoms with van der Waals surface area (Å²) in [7, 11) is -3.83. The molecule has 3 heterocycles. The molecule has 7 nitrogen and oxygen atoms in total. The van der Waals surface area contributed by atoms with Crippen molar-refractivity contribution in [3.63, 3.8) is 0 Å². The molecule has 26 heavy (non-hydrogen) atoms. The van der Waals surface area contributed by atoms with E-state index >= 15 is 0 Å². The van der Waals surface area contributed by atoms with Gasteiger partial charge in [0, 0.05) is 25.8 Å². The molecule has 1 amide bonds. The number of halogens is 1. The van der Waals surface area contributed by atoms with Crippen molar-refractivity contribution in [2.24, 2.45) is 4.99 Å². The number of piperazine rings is 1. The summed E-state index contributed by atoms with van der Waals surface area (Å²) < 4.78 is 39.7. The largest absolute Gasteiger partial charge is 0.508 e. The van der Waals surface area contributed by atoms with Gasteiger partial charge in [-0.3, -0.25) is 9.79 Å². The van der Waals surface area contributed by atoms with Gasteiger partial charge in [-0.25, -0.2) is 12.8 Å². The first-order valence-electron chi connectivity index (χ1n) is 8.07. The molecule has 1 saturated heterocycles. The number of aliphatic hydroxyl groups is 1. The fourth-order valence-electron chi connectivity index (χ4n) is 3.43. The second-order valence-corrected chi connectivity index (χ2v) is 8.31. The van der Waals surface area contributed by atoms with Crippen LogP contribution in [-0.4, -0.2) is 59.2 Å². The van der Waals surface area contributed by atoms with Crippen molar-refractivity contribution in [1.29, 1.82) is 0 Å². The number of rotatable bonds is 2. The first kappa shape index (κ1) is 16.9. The van der Waals surface area contributed by atoms with Crippen LogP contribution in [0.3, 0.4) is 0 Å². The lowest BCUT2D eigenvalue weighted by Gasteiger charge is -2.43. The van der Waals surface area contributed by atoms with Gasteiger partial charge in [0.05, 0.1) is 0 Å². The molecule has 1 N–H and O–H groups in total. The van der Waals surface area contributed by atoms with Crippen LogP contribution >= 0.6 is 0 Å². The van der Waals surface area contributed by atoms with E-state index in [9.17, 15) is 22.7 Å². The van der Waals surface area contributed by atoms with Gasteiger partial charge in [0.25, 0.3) is 0 Å². The normalized spacial score (nSPS) is 27.4. The van der Waals surface area contributed by atoms with E-state index in [-0.39, 0.29) is 36.9 Å². The molecule has 0 aromatic heterocycles. The number of aliphatic hydroxyl groups excluding tert-OH is 1. The Morgan fingerprint density at radius 3 is 2.69 bits per heavy atom. The number of aliphatic imine (C=N–C) groups is 1. The van der Waals surface area contributed by atoms with Gasteiger partial charge in [-0.15, -0.1) is 0 Å². The average Bonchev–Trinajstić information content (AvgIpc) is 2.63. The number of allylic oxidation sites excluding steroid dienone is 1. The Labute approximate surface area is 149 Å². The minimum Gasteiger partial charge on any atom is -0.508 e. The number of benzene rings is 1. The first-order valence-corrected chi connectivity index (χ1v) is 9.57. The first-order chi connectivity index (χ1) is 12.4. The molecule has 3 aliphatic heterocycles. The number of amides is 1. The Balaban J connectivity index is 1.68. The second-order valence-electron chi connectivity index (χ2n) is 6.30. The molecule has 3 aliphatic rings. The number of carbonyl (C=O) groups excluding carboxylic acids is 1. The Bertz CT molecular complexity index is 953. The van der Waals surface area contributed by atoms with Crippen molar-refractivity contribution in [2.75, 3.05) is 13.1 Å². The van der Waals surface area contributed by atoms with E-state index in [1.807, 2.05) is 0 Å². The Kier molecular flexibility index (Phi) is 3.92. The molecular formula is C17H16FN3O4S. The quantitative estimate of drug-likeness (QED) is 0.831. The molecule has 136 valence electrons. The molecule has 9 heteroatoms. The molecular weight excluding hydrogens is 361 g/mol. The number of fused-ring (bicyclic) bond motifs is 2. The SMILES string of the molecule is O=C1C2C(O)=C3N=CC=CC3S(=O)(=O)N2CCN1Cc1ccc(F)cc1. The highest BCUT2D eigenvalue weighted by atomic mass is 32.2. The zero-order valence-electron chi connectivity index (χ0n) is 13.6. The zero-order chi connectivity index (χ0) is 18.5. The van der Waals surface area contributed by atoms with Gasteiger partial charge in [-0.05, 0) is 23.8 Å². The minimum absolute atomic E-state index is 0.00858. The molecule has 0 bridgehead atoms. The third-order valence-electron chi connectivity index (χ3n) is 4.73. The van der Waals surface area contributed by atoms with Crippen molar-refractivity contribution in [3.8, 4) is 0 Å². The van der Waals surface area contributed by atoms with Crippen molar-refractivity contribution >= 4 is 22.1 Å². The minimum atomic E-state index is -3.83. The number of carbonyl (C=O) groups is 1. The summed E-state index contributed by atoms with van der Waals surface area (Å²) in [5.41, 5.74) is 0.709. The van der Waals surface area contributed by atoms with Crippen LogP contribution in [0.2, 0.25) is 0 Å². The average molecular weight is 377 g/mol. The van der Waals surface area contributed by atoms with Crippen LogP contribution < -0.4 is 0 Å². The molecule has 0 aliphatic carbocycles. The fourth-order valence-corrected chi connectivity index (χ4v) is 5.29. The summed E-state index contributed by atoms with van der Waals surface area (Å²) >= 11 is 0. The van der Waals surface area contributed by atoms with Crippen molar-refractivity contribution in [3.05, 3.63) is 59.3 Å². The van der Waals surface area contributed by atoms with E-state index < -0.39 is 27.2 Å². The van der Waals surface area contributed by atoms with E-state index in [0.717, 1.165) is 9.87 Å². The standard InChI is InChI=1S/C17H16FN3O4S/c18-12-5-3-11(4-6-12)10-20-8-9-21-15(17(20)23)16(22)14-13(26(21,24)25)2-1-7-19-14/h1-7,13,15,22H,8-10H2. The van der Waals surface area contributed by atoms with Crippen molar-refractivity contribution in [2.45, 2.75) is 17.8 Å². The lowest BCUT2D eigenvalue weighted by molar-refractivity contribution is -0.139. The van der Waals surface area contributed by atoms with Crippen LogP contribution in [-0.2, 0) is 21.4 Å². The van der Waals surface area contributed by atoms with E-state index in [1.165, 1.54) is 35.4 Å². The van der Waals surface area contributed by atoms with Gasteiger partial charge < -0.3 is 10.0 Å². The smallest absolute Gasteiger partial charge is 0.249 e. The molecule has 2 unspecified atom stereocenters. The summed E-state index contributed by atoms with van der Waals surface area (Å²) in [5, 5.41) is 9.48. The van der Waals surface area contributed by atoms with E-state index in [0.29, 0.717) is 0 Å². The molecule has 2 atom stereocenters. The van der Waals surface area contributed by atoms with Crippen LogP contribution in [0.5, 0.6) is 0 Å². The Morgan fingerprint density at radius 2 is 1.96 bits per heavy atom. The van der Waals surface area contributed by atoms with Gasteiger partial charge in [0.15, 0.2) is 6.04 Å². The highest BCUT2D eigenvalue weighted by molar-refractivity contribution is 7.90. The van der Waals surface area contributed by atoms with Gasteiger partial charge in [-0.2, -0.15) is 4.31 Å². The van der Waals surface area contributed by atoms with Crippen molar-refractivity contribution in [1.82, 2.24) is 9.21 Å². The summed E-state index contributed by atoms with van der Waals surface area (Å²) in [6, 6.07) is 4.43. The van der Waals surface area contributed by atoms with E-state index in [1.54, 1.807) is 12.1 Å². The number of dihydropyridines is 1. The van der Waals surface area contributed by atoms with Gasteiger partial charge in [0.1, 0.15) is 22.5 Å². The van der Waals surface area contributed by atoms with Crippen LogP contribution in [0.4, 0.5) is 4.39 Å². The third-order valence-corrected chi connectivity index (χ3v) is 6.80. The maximum Gasteiger partial charge on any atom is 0.249 e. The maximum absolute atomic E-state index is 13.0. The monoisotopic (exact) mass is 377 g/mol. The van der Waals surface area contributed by atoms with Crippen LogP contribution in [0, 0.1) is 5.82 Å². The predicted molar refractivity (Wildman–Crippen MR) is 92.3 cm³/mol. The number of hydrogen-bond donors (Lipinski definition) is 1. The Morgan fingerprint density at radius 1 is 1.23 bits per heavy atom. The topological polar surface area (TPSA) is 90.3 Å². The Hall–Kier alpha value is -2.52. The second kappa shape index (κ2) is 6.03. The third kappa shape index (κ3) is 2.55. The molecule has 4 rings (SSSR count). The number of sulfonamides is 1. The lowest BCUT2D eigenvalue weighted by Crippen LogP contribution is -2.62. The summed E-state index contributed by atoms with van der Waals surface area (Å²) in [6.07, 6.45) is 4.34. The van der Waals surface area contributed by atoms with Gasteiger partial charge in [0.2, 0.25) is 15.9 Å². The number of nitrogens with zero attached hydrogens (tertiary/aromatic N) is 3. The van der Waals surface area contributed by atoms with Crippen LogP contribution in [0.1, 0.15) is 5.56 Å². The summed E-state index contributed by atoms with van der Waals surface area (Å²) in [6.45, 7) is 0.471. The van der Waals surface area contributed by atoms with Gasteiger partial charge in [-0.1, -0.05) is 18.2 Å². The highest BCUT2D eigenvalue weighted by Gasteiger charge is 2.52. The molecule has 0 radical (unpaired) electrons. The van der Waals surface area contributed by atoms with E-state index in [4.69, 9.17) is 0 Å². The number of hydrogen-bond acceptors (Lipinski definition) is 5. The van der Waals surface area contributed by atoms with Crippen LogP contribution in [0.15, 0.2) is 52.9 Å². The van der Waals surface area contributed by atoms with Crippen molar-refractivity contribution < 1.29 is 22.7 Å². The maximum atomic E-state index is 13.0. The zero-order valence-corrected chi connectivity index (χ0v) is 14.4. The highest BCUT2D eigenvalue weighted by Crippen LogP contribution is 2.35. The van der Waals surface area contributed by atoms with Gasteiger partial charge >= 0.3 is 0 Å². The summed E-state index contributed by atoms with van der Waals surface area (Å²) in [5.74, 6) is -1.23. The molecule has 1 aromatic carbocycles. The fraction of sp³-hybridized carbons (Fsp3) is 0.294. The van der Waals surface area contributed by atoms with E-state index in [2.05, 4.69) is 4.99 Å². The predicted octanol–water partition coefficient (Wildman–Crippen LogP) is 0.961. The summed E-state index contributed by atoms with van der Waals surface area (Å²) in [4.78, 5) is 18.3. The van der Waals surface area contributed by atoms with Crippen LogP contribution in [0.25, 0.3) is 0 Å². The molecule has 1 fully saturated rings. The molecule has 0 saturated carbocycles. The molecule has 1 aromatic rings. The molecule has 0 spiro atoms. The lowest BCUT2D eigenvalue weighted by atomic mass is 10.1.